The van der Waals surface area contributed by atoms with Crippen LogP contribution in [0.25, 0.3) is 17.0 Å². The SMILES string of the molecule is O=C1SC(=Cc2ccc3c(cnn3Cc3ccc(Cl)cc3C(F)(F)F)c2)C(=O)N1CC1CNC1. The van der Waals surface area contributed by atoms with Gasteiger partial charge in [0.1, 0.15) is 0 Å². The predicted molar refractivity (Wildman–Crippen MR) is 124 cm³/mol. The molecule has 2 aliphatic heterocycles. The first-order valence-electron chi connectivity index (χ1n) is 10.5. The smallest absolute Gasteiger partial charge is 0.316 e. The fourth-order valence-corrected chi connectivity index (χ4v) is 5.00. The summed E-state index contributed by atoms with van der Waals surface area (Å²) in [4.78, 5) is 26.6. The number of thioether (sulfide) groups is 1. The molecule has 0 saturated carbocycles. The second kappa shape index (κ2) is 8.75. The Kier molecular flexibility index (Phi) is 5.91. The van der Waals surface area contributed by atoms with Crippen LogP contribution in [-0.2, 0) is 17.5 Å². The van der Waals surface area contributed by atoms with Crippen LogP contribution in [0.2, 0.25) is 5.02 Å². The van der Waals surface area contributed by atoms with Gasteiger partial charge in [0.25, 0.3) is 11.1 Å². The van der Waals surface area contributed by atoms with E-state index in [-0.39, 0.29) is 34.2 Å². The van der Waals surface area contributed by atoms with Crippen molar-refractivity contribution in [3.05, 3.63) is 69.2 Å². The first-order valence-corrected chi connectivity index (χ1v) is 11.7. The number of benzene rings is 2. The topological polar surface area (TPSA) is 67.2 Å². The molecular weight excluding hydrogens is 489 g/mol. The van der Waals surface area contributed by atoms with Crippen LogP contribution < -0.4 is 5.32 Å². The first-order chi connectivity index (χ1) is 16.2. The Bertz CT molecular complexity index is 1330. The van der Waals surface area contributed by atoms with Crippen LogP contribution in [-0.4, -0.2) is 45.5 Å². The van der Waals surface area contributed by atoms with Gasteiger partial charge in [-0.05, 0) is 53.2 Å². The summed E-state index contributed by atoms with van der Waals surface area (Å²) in [5.41, 5.74) is 0.603. The number of hydrogen-bond acceptors (Lipinski definition) is 5. The molecule has 5 rings (SSSR count). The molecule has 2 amide bonds. The van der Waals surface area contributed by atoms with Crippen molar-refractivity contribution >= 4 is 51.5 Å². The first kappa shape index (κ1) is 22.9. The normalized spacial score (nSPS) is 18.4. The molecule has 34 heavy (non-hydrogen) atoms. The molecule has 0 spiro atoms. The summed E-state index contributed by atoms with van der Waals surface area (Å²) in [5.74, 6) is -0.0198. The lowest BCUT2D eigenvalue weighted by Gasteiger charge is -2.29. The Morgan fingerprint density at radius 1 is 1.18 bits per heavy atom. The van der Waals surface area contributed by atoms with E-state index in [1.54, 1.807) is 30.5 Å². The molecule has 3 aromatic rings. The van der Waals surface area contributed by atoms with Crippen molar-refractivity contribution in [2.24, 2.45) is 5.92 Å². The lowest BCUT2D eigenvalue weighted by molar-refractivity contribution is -0.138. The number of carbonyl (C=O) groups excluding carboxylic acids is 2. The van der Waals surface area contributed by atoms with Crippen LogP contribution in [0.4, 0.5) is 18.0 Å². The van der Waals surface area contributed by atoms with Crippen molar-refractivity contribution in [1.82, 2.24) is 20.0 Å². The number of fused-ring (bicyclic) bond motifs is 1. The minimum absolute atomic E-state index is 0.0137. The summed E-state index contributed by atoms with van der Waals surface area (Å²) in [6.07, 6.45) is -1.32. The molecule has 1 aromatic heterocycles. The third-order valence-electron chi connectivity index (χ3n) is 5.84. The highest BCUT2D eigenvalue weighted by Gasteiger charge is 2.37. The van der Waals surface area contributed by atoms with Gasteiger partial charge >= 0.3 is 6.18 Å². The number of nitrogens with zero attached hydrogens (tertiary/aromatic N) is 3. The number of imide groups is 1. The molecule has 2 saturated heterocycles. The zero-order valence-electron chi connectivity index (χ0n) is 17.6. The molecule has 2 aliphatic rings. The van der Waals surface area contributed by atoms with Gasteiger partial charge in [0, 0.05) is 36.0 Å². The third kappa shape index (κ3) is 4.45. The highest BCUT2D eigenvalue weighted by atomic mass is 35.5. The van der Waals surface area contributed by atoms with E-state index in [0.717, 1.165) is 30.9 Å². The second-order valence-electron chi connectivity index (χ2n) is 8.24. The number of alkyl halides is 3. The van der Waals surface area contributed by atoms with Crippen molar-refractivity contribution in [3.8, 4) is 0 Å². The summed E-state index contributed by atoms with van der Waals surface area (Å²) < 4.78 is 41.8. The molecule has 0 atom stereocenters. The number of amides is 2. The lowest BCUT2D eigenvalue weighted by Crippen LogP contribution is -2.49. The summed E-state index contributed by atoms with van der Waals surface area (Å²) in [6.45, 7) is 1.92. The molecule has 176 valence electrons. The maximum Gasteiger partial charge on any atom is 0.416 e. The van der Waals surface area contributed by atoms with Crippen LogP contribution in [0.15, 0.2) is 47.5 Å². The van der Waals surface area contributed by atoms with E-state index in [1.165, 1.54) is 21.7 Å². The van der Waals surface area contributed by atoms with Crippen molar-refractivity contribution in [1.29, 1.82) is 0 Å². The van der Waals surface area contributed by atoms with Gasteiger partial charge in [-0.3, -0.25) is 19.2 Å². The van der Waals surface area contributed by atoms with E-state index >= 15 is 0 Å². The maximum absolute atomic E-state index is 13.4. The van der Waals surface area contributed by atoms with Gasteiger partial charge in [0.05, 0.1) is 28.7 Å². The fourth-order valence-electron chi connectivity index (χ4n) is 3.98. The lowest BCUT2D eigenvalue weighted by atomic mass is 10.0. The Balaban J connectivity index is 1.39. The zero-order valence-corrected chi connectivity index (χ0v) is 19.2. The van der Waals surface area contributed by atoms with Crippen molar-refractivity contribution < 1.29 is 22.8 Å². The summed E-state index contributed by atoms with van der Waals surface area (Å²) in [6, 6.07) is 8.95. The Hall–Kier alpha value is -2.82. The van der Waals surface area contributed by atoms with Gasteiger partial charge in [-0.25, -0.2) is 0 Å². The summed E-state index contributed by atoms with van der Waals surface area (Å²) >= 11 is 6.68. The minimum atomic E-state index is -4.53. The van der Waals surface area contributed by atoms with Crippen LogP contribution in [0.1, 0.15) is 16.7 Å². The van der Waals surface area contributed by atoms with E-state index in [1.807, 2.05) is 0 Å². The molecule has 11 heteroatoms. The number of halogens is 4. The van der Waals surface area contributed by atoms with E-state index in [2.05, 4.69) is 10.4 Å². The number of carbonyl (C=O) groups is 2. The van der Waals surface area contributed by atoms with Crippen molar-refractivity contribution in [2.45, 2.75) is 12.7 Å². The van der Waals surface area contributed by atoms with Gasteiger partial charge in [0.15, 0.2) is 0 Å². The molecule has 0 bridgehead atoms. The third-order valence-corrected chi connectivity index (χ3v) is 6.98. The van der Waals surface area contributed by atoms with Crippen LogP contribution >= 0.6 is 23.4 Å². The molecule has 3 heterocycles. The fraction of sp³-hybridized carbons (Fsp3) is 0.261. The van der Waals surface area contributed by atoms with Gasteiger partial charge in [-0.15, -0.1) is 0 Å². The van der Waals surface area contributed by atoms with E-state index in [9.17, 15) is 22.8 Å². The standard InChI is InChI=1S/C23H18ClF3N4O2S/c24-17-3-2-15(18(7-17)23(25,26)27)12-31-19-4-1-13(5-16(19)10-29-31)6-20-21(32)30(22(33)34-20)11-14-8-28-9-14/h1-7,10,14,28H,8-9,11-12H2. The van der Waals surface area contributed by atoms with Crippen molar-refractivity contribution in [2.75, 3.05) is 19.6 Å². The average Bonchev–Trinajstić information content (AvgIpc) is 3.25. The zero-order chi connectivity index (χ0) is 24.0. The van der Waals surface area contributed by atoms with Crippen molar-refractivity contribution in [3.63, 3.8) is 0 Å². The summed E-state index contributed by atoms with van der Waals surface area (Å²) in [7, 11) is 0. The maximum atomic E-state index is 13.4. The highest BCUT2D eigenvalue weighted by molar-refractivity contribution is 8.18. The van der Waals surface area contributed by atoms with Gasteiger partial charge in [0.2, 0.25) is 0 Å². The molecule has 2 fully saturated rings. The van der Waals surface area contributed by atoms with Gasteiger partial charge < -0.3 is 5.32 Å². The summed E-state index contributed by atoms with van der Waals surface area (Å²) in [5, 5.41) is 7.82. The quantitative estimate of drug-likeness (QED) is 0.493. The molecule has 6 nitrogen and oxygen atoms in total. The van der Waals surface area contributed by atoms with Crippen LogP contribution in [0.3, 0.4) is 0 Å². The van der Waals surface area contributed by atoms with E-state index < -0.39 is 11.7 Å². The van der Waals surface area contributed by atoms with E-state index in [4.69, 9.17) is 11.6 Å². The average molecular weight is 507 g/mol. The van der Waals surface area contributed by atoms with Gasteiger partial charge in [-0.2, -0.15) is 18.3 Å². The Morgan fingerprint density at radius 2 is 1.97 bits per heavy atom. The largest absolute Gasteiger partial charge is 0.416 e. The number of hydrogen-bond donors (Lipinski definition) is 1. The molecular formula is C23H18ClF3N4O2S. The molecule has 0 aliphatic carbocycles. The highest BCUT2D eigenvalue weighted by Crippen LogP contribution is 2.35. The molecule has 0 radical (unpaired) electrons. The molecule has 1 N–H and O–H groups in total. The number of nitrogens with one attached hydrogen (secondary N) is 1. The second-order valence-corrected chi connectivity index (χ2v) is 9.67. The number of rotatable bonds is 5. The number of aromatic nitrogens is 2. The Morgan fingerprint density at radius 3 is 2.68 bits per heavy atom. The molecule has 2 aromatic carbocycles. The minimum Gasteiger partial charge on any atom is -0.316 e. The van der Waals surface area contributed by atoms with Gasteiger partial charge in [-0.1, -0.05) is 23.7 Å². The molecule has 0 unspecified atom stereocenters. The Labute approximate surface area is 201 Å². The van der Waals surface area contributed by atoms with Crippen LogP contribution in [0.5, 0.6) is 0 Å². The van der Waals surface area contributed by atoms with E-state index in [0.29, 0.717) is 27.9 Å². The predicted octanol–water partition coefficient (Wildman–Crippen LogP) is 5.01. The monoisotopic (exact) mass is 506 g/mol. The van der Waals surface area contributed by atoms with Crippen LogP contribution in [0, 0.1) is 5.92 Å².